The van der Waals surface area contributed by atoms with Gasteiger partial charge in [-0.2, -0.15) is 0 Å². The molecule has 1 saturated heterocycles. The van der Waals surface area contributed by atoms with E-state index in [1.165, 1.54) is 17.9 Å². The number of piperazine rings is 1. The molecule has 1 fully saturated rings. The van der Waals surface area contributed by atoms with Gasteiger partial charge < -0.3 is 15.0 Å². The van der Waals surface area contributed by atoms with E-state index in [0.29, 0.717) is 6.04 Å². The Labute approximate surface area is 143 Å². The molecule has 0 amide bonds. The molecule has 4 nitrogen and oxygen atoms in total. The van der Waals surface area contributed by atoms with Crippen molar-refractivity contribution in [2.75, 3.05) is 46.1 Å². The van der Waals surface area contributed by atoms with E-state index in [1.807, 2.05) is 7.05 Å². The summed E-state index contributed by atoms with van der Waals surface area (Å²) in [5.74, 6) is 1.72. The van der Waals surface area contributed by atoms with Crippen LogP contribution in [0.4, 0.5) is 0 Å². The van der Waals surface area contributed by atoms with Gasteiger partial charge in [-0.15, -0.1) is 0 Å². The molecule has 0 aromatic heterocycles. The van der Waals surface area contributed by atoms with Crippen molar-refractivity contribution in [1.82, 2.24) is 10.2 Å². The zero-order valence-electron chi connectivity index (χ0n) is 14.9. The predicted octanol–water partition coefficient (Wildman–Crippen LogP) is 2.81. The minimum atomic E-state index is -0.0176. The fourth-order valence-electron chi connectivity index (χ4n) is 2.68. The second kappa shape index (κ2) is 9.40. The summed E-state index contributed by atoms with van der Waals surface area (Å²) >= 11 is 0. The Kier molecular flexibility index (Phi) is 7.53. The largest absolute Gasteiger partial charge is 0.492 e. The van der Waals surface area contributed by atoms with E-state index in [2.05, 4.69) is 58.9 Å². The molecule has 0 saturated carbocycles. The average Bonchev–Trinajstić information content (AvgIpc) is 2.58. The molecule has 1 aliphatic rings. The van der Waals surface area contributed by atoms with Gasteiger partial charge in [-0.3, -0.25) is 4.36 Å². The first-order valence-electron chi connectivity index (χ1n) is 8.53. The Morgan fingerprint density at radius 1 is 1.35 bits per heavy atom. The van der Waals surface area contributed by atoms with Crippen LogP contribution in [0.15, 0.2) is 33.5 Å². The Morgan fingerprint density at radius 2 is 2.09 bits per heavy atom. The highest BCUT2D eigenvalue weighted by Gasteiger charge is 2.19. The summed E-state index contributed by atoms with van der Waals surface area (Å²) in [6, 6.07) is 8.78. The van der Waals surface area contributed by atoms with Crippen LogP contribution < -0.4 is 10.1 Å². The standard InChI is InChI=1S/C18H31N3OS/c1-15(2)9-11-21-12-10-20-16(13-21)14-22-17-5-7-18(8-6-17)23(4)19-3/h5-8,15-16,20H,9-14H2,1-4H3. The summed E-state index contributed by atoms with van der Waals surface area (Å²) in [6.07, 6.45) is 3.41. The minimum Gasteiger partial charge on any atom is -0.492 e. The van der Waals surface area contributed by atoms with Crippen molar-refractivity contribution in [2.45, 2.75) is 31.2 Å². The summed E-state index contributed by atoms with van der Waals surface area (Å²) in [5, 5.41) is 3.57. The van der Waals surface area contributed by atoms with Crippen LogP contribution in [-0.2, 0) is 10.7 Å². The van der Waals surface area contributed by atoms with Gasteiger partial charge in [0.25, 0.3) is 0 Å². The van der Waals surface area contributed by atoms with Crippen molar-refractivity contribution >= 4 is 10.7 Å². The van der Waals surface area contributed by atoms with Gasteiger partial charge in [0.05, 0.1) is 6.04 Å². The van der Waals surface area contributed by atoms with Crippen molar-refractivity contribution in [1.29, 1.82) is 0 Å². The first kappa shape index (κ1) is 18.4. The molecule has 1 aromatic rings. The third kappa shape index (κ3) is 6.24. The summed E-state index contributed by atoms with van der Waals surface area (Å²) in [5.41, 5.74) is 0. The normalized spacial score (nSPS) is 20.8. The Bertz CT molecular complexity index is 501. The minimum absolute atomic E-state index is 0.0176. The number of ether oxygens (including phenoxy) is 1. The SMILES string of the molecule is CN=S(C)c1ccc(OCC2CN(CCC(C)C)CCN2)cc1. The van der Waals surface area contributed by atoms with Crippen molar-refractivity contribution in [3.05, 3.63) is 24.3 Å². The molecule has 130 valence electrons. The summed E-state index contributed by atoms with van der Waals surface area (Å²) in [4.78, 5) is 3.81. The number of nitrogens with zero attached hydrogens (tertiary/aromatic N) is 2. The van der Waals surface area contributed by atoms with E-state index >= 15 is 0 Å². The van der Waals surface area contributed by atoms with Crippen LogP contribution in [0.1, 0.15) is 20.3 Å². The van der Waals surface area contributed by atoms with Crippen LogP contribution in [0.2, 0.25) is 0 Å². The molecule has 23 heavy (non-hydrogen) atoms. The third-order valence-electron chi connectivity index (χ3n) is 4.25. The molecule has 0 radical (unpaired) electrons. The Hall–Kier alpha value is -0.910. The zero-order chi connectivity index (χ0) is 16.7. The van der Waals surface area contributed by atoms with Gasteiger partial charge in [-0.1, -0.05) is 24.5 Å². The van der Waals surface area contributed by atoms with Crippen LogP contribution in [0.25, 0.3) is 0 Å². The maximum atomic E-state index is 5.97. The molecule has 2 rings (SSSR count). The topological polar surface area (TPSA) is 36.9 Å². The lowest BCUT2D eigenvalue weighted by Crippen LogP contribution is -2.53. The van der Waals surface area contributed by atoms with E-state index < -0.39 is 0 Å². The first-order chi connectivity index (χ1) is 11.1. The number of hydrogen-bond donors (Lipinski definition) is 1. The molecule has 0 aliphatic carbocycles. The summed E-state index contributed by atoms with van der Waals surface area (Å²) in [6.45, 7) is 9.80. The van der Waals surface area contributed by atoms with Gasteiger partial charge in [0.1, 0.15) is 12.4 Å². The molecule has 1 aliphatic heterocycles. The lowest BCUT2D eigenvalue weighted by atomic mass is 10.1. The molecule has 0 bridgehead atoms. The maximum absolute atomic E-state index is 5.97. The molecule has 2 unspecified atom stereocenters. The van der Waals surface area contributed by atoms with Gasteiger partial charge in [0, 0.05) is 31.6 Å². The van der Waals surface area contributed by atoms with E-state index in [-0.39, 0.29) is 10.7 Å². The predicted molar refractivity (Wildman–Crippen MR) is 99.5 cm³/mol. The van der Waals surface area contributed by atoms with Gasteiger partial charge in [-0.25, -0.2) is 0 Å². The number of nitrogens with one attached hydrogen (secondary N) is 1. The Morgan fingerprint density at radius 3 is 2.74 bits per heavy atom. The van der Waals surface area contributed by atoms with E-state index in [0.717, 1.165) is 37.9 Å². The van der Waals surface area contributed by atoms with Crippen molar-refractivity contribution in [2.24, 2.45) is 10.3 Å². The maximum Gasteiger partial charge on any atom is 0.119 e. The van der Waals surface area contributed by atoms with Crippen molar-refractivity contribution in [3.63, 3.8) is 0 Å². The molecular formula is C18H31N3OS. The molecule has 5 heteroatoms. The smallest absolute Gasteiger partial charge is 0.119 e. The molecule has 1 aromatic carbocycles. The van der Waals surface area contributed by atoms with Crippen molar-refractivity contribution < 1.29 is 4.74 Å². The number of rotatable bonds is 7. The number of benzene rings is 1. The second-order valence-corrected chi connectivity index (χ2v) is 8.37. The van der Waals surface area contributed by atoms with Crippen LogP contribution >= 0.6 is 0 Å². The van der Waals surface area contributed by atoms with Crippen LogP contribution in [0.3, 0.4) is 0 Å². The van der Waals surface area contributed by atoms with Crippen LogP contribution in [0, 0.1) is 5.92 Å². The zero-order valence-corrected chi connectivity index (χ0v) is 15.7. The fourth-order valence-corrected chi connectivity index (χ4v) is 3.43. The highest BCUT2D eigenvalue weighted by molar-refractivity contribution is 7.86. The molecular weight excluding hydrogens is 306 g/mol. The van der Waals surface area contributed by atoms with Gasteiger partial charge in [-0.05, 0) is 49.4 Å². The lowest BCUT2D eigenvalue weighted by Gasteiger charge is -2.33. The molecule has 2 atom stereocenters. The summed E-state index contributed by atoms with van der Waals surface area (Å²) in [7, 11) is 1.85. The highest BCUT2D eigenvalue weighted by Crippen LogP contribution is 2.15. The van der Waals surface area contributed by atoms with E-state index in [4.69, 9.17) is 4.74 Å². The van der Waals surface area contributed by atoms with Crippen LogP contribution in [-0.4, -0.2) is 57.0 Å². The quantitative estimate of drug-likeness (QED) is 0.831. The van der Waals surface area contributed by atoms with Gasteiger partial charge >= 0.3 is 0 Å². The molecule has 1 N–H and O–H groups in total. The van der Waals surface area contributed by atoms with Crippen LogP contribution in [0.5, 0.6) is 5.75 Å². The van der Waals surface area contributed by atoms with Gasteiger partial charge in [0.15, 0.2) is 0 Å². The van der Waals surface area contributed by atoms with Gasteiger partial charge in [0.2, 0.25) is 0 Å². The fraction of sp³-hybridized carbons (Fsp3) is 0.667. The van der Waals surface area contributed by atoms with E-state index in [1.54, 1.807) is 0 Å². The summed E-state index contributed by atoms with van der Waals surface area (Å²) < 4.78 is 10.3. The van der Waals surface area contributed by atoms with Crippen molar-refractivity contribution in [3.8, 4) is 5.75 Å². The average molecular weight is 338 g/mol. The highest BCUT2D eigenvalue weighted by atomic mass is 32.2. The monoisotopic (exact) mass is 337 g/mol. The Balaban J connectivity index is 1.78. The second-order valence-electron chi connectivity index (χ2n) is 6.58. The third-order valence-corrected chi connectivity index (χ3v) is 5.75. The lowest BCUT2D eigenvalue weighted by molar-refractivity contribution is 0.153. The molecule has 1 heterocycles. The number of hydrogen-bond acceptors (Lipinski definition) is 4. The first-order valence-corrected chi connectivity index (χ1v) is 10.1. The van der Waals surface area contributed by atoms with E-state index in [9.17, 15) is 0 Å². The molecule has 0 spiro atoms.